The molecule has 0 atom stereocenters. The molecule has 2 aromatic rings. The van der Waals surface area contributed by atoms with E-state index in [4.69, 9.17) is 11.1 Å². The molecule has 0 aliphatic heterocycles. The van der Waals surface area contributed by atoms with Crippen LogP contribution >= 0.6 is 0 Å². The molecule has 2 rings (SSSR count). The van der Waals surface area contributed by atoms with Gasteiger partial charge in [0.05, 0.1) is 11.9 Å². The largest absolute Gasteiger partial charge is 0.331 e. The number of rotatable bonds is 6. The van der Waals surface area contributed by atoms with Crippen molar-refractivity contribution in [2.45, 2.75) is 13.1 Å². The van der Waals surface area contributed by atoms with Gasteiger partial charge in [-0.3, -0.25) is 9.59 Å². The summed E-state index contributed by atoms with van der Waals surface area (Å²) in [5, 5.41) is 9.12. The summed E-state index contributed by atoms with van der Waals surface area (Å²) in [5.41, 5.74) is 16.2. The zero-order valence-electron chi connectivity index (χ0n) is 12.1. The van der Waals surface area contributed by atoms with Crippen LogP contribution in [0.2, 0.25) is 0 Å². The summed E-state index contributed by atoms with van der Waals surface area (Å²) in [7, 11) is 0. The third kappa shape index (κ3) is 3.35. The molecule has 2 aromatic heterocycles. The number of amides is 1. The van der Waals surface area contributed by atoms with Gasteiger partial charge in [0.2, 0.25) is 5.43 Å². The fourth-order valence-corrected chi connectivity index (χ4v) is 2.07. The van der Waals surface area contributed by atoms with E-state index in [1.165, 1.54) is 16.7 Å². The minimum absolute atomic E-state index is 0.0203. The molecule has 120 valence electrons. The van der Waals surface area contributed by atoms with E-state index in [1.807, 2.05) is 0 Å². The Hall–Kier alpha value is -3.75. The third-order valence-corrected chi connectivity index (χ3v) is 3.09. The zero-order valence-corrected chi connectivity index (χ0v) is 12.1. The van der Waals surface area contributed by atoms with Gasteiger partial charge in [0.15, 0.2) is 0 Å². The summed E-state index contributed by atoms with van der Waals surface area (Å²) in [6, 6.07) is 2.89. The zero-order chi connectivity index (χ0) is 17.5. The van der Waals surface area contributed by atoms with Crippen molar-refractivity contribution < 1.29 is 4.79 Å². The van der Waals surface area contributed by atoms with Gasteiger partial charge in [0, 0.05) is 40.0 Å². The lowest BCUT2D eigenvalue weighted by Gasteiger charge is -2.11. The number of carbonyl (C=O) groups is 1. The van der Waals surface area contributed by atoms with Gasteiger partial charge in [0.25, 0.3) is 0 Å². The van der Waals surface area contributed by atoms with Crippen LogP contribution in [0, 0.1) is 4.91 Å². The molecule has 0 aliphatic carbocycles. The Kier molecular flexibility index (Phi) is 5.19. The number of nitroso groups, excluding NO2 is 1. The van der Waals surface area contributed by atoms with Crippen molar-refractivity contribution in [2.75, 3.05) is 6.54 Å². The predicted molar refractivity (Wildman–Crippen MR) is 83.0 cm³/mol. The first-order valence-corrected chi connectivity index (χ1v) is 6.55. The molecular weight excluding hydrogens is 318 g/mol. The average molecular weight is 327 g/mol. The van der Waals surface area contributed by atoms with E-state index in [0.717, 1.165) is 6.20 Å². The van der Waals surface area contributed by atoms with Crippen molar-refractivity contribution in [3.8, 4) is 0 Å². The van der Waals surface area contributed by atoms with E-state index in [9.17, 15) is 14.5 Å². The summed E-state index contributed by atoms with van der Waals surface area (Å²) < 4.78 is 1.41. The van der Waals surface area contributed by atoms with Crippen molar-refractivity contribution in [1.29, 1.82) is 0 Å². The maximum absolute atomic E-state index is 12.3. The van der Waals surface area contributed by atoms with Crippen molar-refractivity contribution in [2.24, 2.45) is 15.4 Å². The van der Waals surface area contributed by atoms with E-state index < -0.39 is 16.9 Å². The molecule has 12 nitrogen and oxygen atoms in total. The van der Waals surface area contributed by atoms with Crippen LogP contribution in [0.15, 0.2) is 38.5 Å². The summed E-state index contributed by atoms with van der Waals surface area (Å²) >= 11 is 0. The maximum Gasteiger partial charge on any atom is 0.322 e. The number of hydrogen-bond donors (Lipinski definition) is 0. The predicted octanol–water partition coefficient (Wildman–Crippen LogP) is 2.42. The highest BCUT2D eigenvalue weighted by Crippen LogP contribution is 2.13. The lowest BCUT2D eigenvalue weighted by Crippen LogP contribution is -2.19. The van der Waals surface area contributed by atoms with Crippen LogP contribution in [0.25, 0.3) is 31.9 Å². The van der Waals surface area contributed by atoms with Gasteiger partial charge in [0.1, 0.15) is 11.2 Å². The molecule has 0 fully saturated rings. The Morgan fingerprint density at radius 2 is 2.00 bits per heavy atom. The molecule has 2 heterocycles. The van der Waals surface area contributed by atoms with Crippen LogP contribution in [0.3, 0.4) is 0 Å². The second-order valence-corrected chi connectivity index (χ2v) is 4.48. The Morgan fingerprint density at radius 1 is 1.25 bits per heavy atom. The van der Waals surface area contributed by atoms with Crippen molar-refractivity contribution in [1.82, 2.24) is 9.55 Å². The minimum Gasteiger partial charge on any atom is -0.331 e. The maximum atomic E-state index is 12.3. The van der Waals surface area contributed by atoms with Crippen LogP contribution in [0.5, 0.6) is 0 Å². The first kappa shape index (κ1) is 16.6. The molecule has 1 amide bonds. The summed E-state index contributed by atoms with van der Waals surface area (Å²) in [6.45, 7) is 0.143. The van der Waals surface area contributed by atoms with Gasteiger partial charge >= 0.3 is 5.91 Å². The SMILES string of the molecule is [N-]=[N+]=NCCn1cc(C(=O)N=O)c(=O)c2ccc(CN=[N+]=[N-])nc21. The second kappa shape index (κ2) is 7.49. The van der Waals surface area contributed by atoms with Crippen LogP contribution < -0.4 is 5.43 Å². The fourth-order valence-electron chi connectivity index (χ4n) is 2.07. The third-order valence-electron chi connectivity index (χ3n) is 3.09. The van der Waals surface area contributed by atoms with Crippen LogP contribution in [0.4, 0.5) is 0 Å². The molecule has 0 radical (unpaired) electrons. The lowest BCUT2D eigenvalue weighted by atomic mass is 10.1. The quantitative estimate of drug-likeness (QED) is 0.342. The van der Waals surface area contributed by atoms with Crippen molar-refractivity contribution in [3.63, 3.8) is 0 Å². The van der Waals surface area contributed by atoms with Crippen molar-refractivity contribution >= 4 is 16.9 Å². The van der Waals surface area contributed by atoms with Gasteiger partial charge in [-0.1, -0.05) is 10.2 Å². The first-order chi connectivity index (χ1) is 11.6. The molecule has 0 saturated carbocycles. The number of hydrogen-bond acceptors (Lipinski definition) is 6. The normalized spacial score (nSPS) is 9.83. The lowest BCUT2D eigenvalue weighted by molar-refractivity contribution is 0.0999. The Balaban J connectivity index is 2.69. The number of fused-ring (bicyclic) bond motifs is 1. The number of carbonyl (C=O) groups excluding carboxylic acids is 1. The molecule has 0 spiro atoms. The van der Waals surface area contributed by atoms with Crippen LogP contribution in [-0.4, -0.2) is 22.0 Å². The van der Waals surface area contributed by atoms with Gasteiger partial charge in [-0.25, -0.2) is 4.98 Å². The highest BCUT2D eigenvalue weighted by molar-refractivity contribution is 5.97. The second-order valence-electron chi connectivity index (χ2n) is 4.48. The minimum atomic E-state index is -1.20. The number of azide groups is 2. The molecule has 0 aromatic carbocycles. The molecule has 0 bridgehead atoms. The smallest absolute Gasteiger partial charge is 0.322 e. The monoisotopic (exact) mass is 327 g/mol. The Morgan fingerprint density at radius 3 is 2.67 bits per heavy atom. The Labute approximate surface area is 133 Å². The highest BCUT2D eigenvalue weighted by Gasteiger charge is 2.17. The highest BCUT2D eigenvalue weighted by atomic mass is 16.3. The summed E-state index contributed by atoms with van der Waals surface area (Å²) in [4.78, 5) is 43.7. The molecule has 0 N–H and O–H groups in total. The van der Waals surface area contributed by atoms with Gasteiger partial charge < -0.3 is 4.57 Å². The van der Waals surface area contributed by atoms with E-state index >= 15 is 0 Å². The standard InChI is InChI=1S/C12H9N9O3/c13-19-15-3-4-21-6-9(12(23)18-24)10(22)8-2-1-7(5-16-20-14)17-11(8)21/h1-2,6H,3-5H2. The molecule has 0 aliphatic rings. The molecule has 24 heavy (non-hydrogen) atoms. The molecule has 0 unspecified atom stereocenters. The van der Waals surface area contributed by atoms with Crippen molar-refractivity contribution in [3.05, 3.63) is 65.6 Å². The van der Waals surface area contributed by atoms with Gasteiger partial charge in [-0.15, -0.1) is 4.91 Å². The van der Waals surface area contributed by atoms with E-state index in [-0.39, 0.29) is 30.7 Å². The summed E-state index contributed by atoms with van der Waals surface area (Å²) in [5.74, 6) is -1.20. The fraction of sp³-hybridized carbons (Fsp3) is 0.250. The van der Waals surface area contributed by atoms with Gasteiger partial charge in [-0.05, 0) is 23.2 Å². The van der Waals surface area contributed by atoms with Crippen LogP contribution in [0.1, 0.15) is 16.1 Å². The van der Waals surface area contributed by atoms with E-state index in [0.29, 0.717) is 5.69 Å². The first-order valence-electron chi connectivity index (χ1n) is 6.55. The topological polar surface area (TPSA) is 179 Å². The van der Waals surface area contributed by atoms with E-state index in [1.54, 1.807) is 0 Å². The van der Waals surface area contributed by atoms with Crippen LogP contribution in [-0.2, 0) is 13.1 Å². The number of aromatic nitrogens is 2. The average Bonchev–Trinajstić information content (AvgIpc) is 2.61. The van der Waals surface area contributed by atoms with E-state index in [2.05, 4.69) is 30.2 Å². The Bertz CT molecular complexity index is 968. The molecule has 0 saturated heterocycles. The number of pyridine rings is 2. The summed E-state index contributed by atoms with van der Waals surface area (Å²) in [6.07, 6.45) is 1.14. The number of nitrogens with zero attached hydrogens (tertiary/aromatic N) is 9. The van der Waals surface area contributed by atoms with Gasteiger partial charge in [-0.2, -0.15) is 0 Å². The molecular formula is C12H9N9O3. The molecule has 12 heteroatoms.